The molecule has 1 atom stereocenters. The molecule has 0 saturated carbocycles. The predicted molar refractivity (Wildman–Crippen MR) is 74.9 cm³/mol. The fourth-order valence-corrected chi connectivity index (χ4v) is 3.23. The summed E-state index contributed by atoms with van der Waals surface area (Å²) in [4.78, 5) is 4.20. The van der Waals surface area contributed by atoms with Crippen LogP contribution >= 0.6 is 0 Å². The van der Waals surface area contributed by atoms with Gasteiger partial charge in [0.05, 0.1) is 13.2 Å². The zero-order valence-corrected chi connectivity index (χ0v) is 11.5. The van der Waals surface area contributed by atoms with Gasteiger partial charge >= 0.3 is 0 Å². The predicted octanol–water partition coefficient (Wildman–Crippen LogP) is 1.16. The molecule has 0 aromatic carbocycles. The molecule has 1 aromatic rings. The van der Waals surface area contributed by atoms with Crippen LogP contribution in [0.1, 0.15) is 31.2 Å². The van der Waals surface area contributed by atoms with Gasteiger partial charge in [0.2, 0.25) is 0 Å². The lowest BCUT2D eigenvalue weighted by Gasteiger charge is -2.41. The van der Waals surface area contributed by atoms with E-state index >= 15 is 0 Å². The summed E-state index contributed by atoms with van der Waals surface area (Å²) in [6, 6.07) is 3.99. The Kier molecular flexibility index (Phi) is 4.91. The summed E-state index contributed by atoms with van der Waals surface area (Å²) >= 11 is 0. The summed E-state index contributed by atoms with van der Waals surface area (Å²) in [5.41, 5.74) is 0.630. The van der Waals surface area contributed by atoms with Crippen molar-refractivity contribution >= 4 is 0 Å². The fourth-order valence-electron chi connectivity index (χ4n) is 3.23. The van der Waals surface area contributed by atoms with E-state index in [0.29, 0.717) is 5.92 Å². The van der Waals surface area contributed by atoms with Crippen molar-refractivity contribution in [3.63, 3.8) is 0 Å². The Labute approximate surface area is 114 Å². The van der Waals surface area contributed by atoms with Crippen molar-refractivity contribution in [1.29, 1.82) is 0 Å². The highest BCUT2D eigenvalue weighted by molar-refractivity contribution is 5.20. The van der Waals surface area contributed by atoms with Crippen LogP contribution in [0.15, 0.2) is 24.5 Å². The molecular weight excluding hydrogens is 240 g/mol. The van der Waals surface area contributed by atoms with Crippen LogP contribution < -0.4 is 5.32 Å². The van der Waals surface area contributed by atoms with E-state index in [4.69, 9.17) is 0 Å². The first kappa shape index (κ1) is 14.4. The van der Waals surface area contributed by atoms with Crippen molar-refractivity contribution < 1.29 is 10.2 Å². The quantitative estimate of drug-likeness (QED) is 0.746. The molecule has 1 saturated heterocycles. The van der Waals surface area contributed by atoms with Crippen LogP contribution in [-0.2, 0) is 0 Å². The van der Waals surface area contributed by atoms with Crippen molar-refractivity contribution in [1.82, 2.24) is 10.3 Å². The fraction of sp³-hybridized carbons (Fsp3) is 0.667. The Balaban J connectivity index is 2.32. The minimum Gasteiger partial charge on any atom is -0.396 e. The number of hydrogen-bond donors (Lipinski definition) is 3. The molecule has 2 rings (SSSR count). The lowest BCUT2D eigenvalue weighted by molar-refractivity contribution is 0.0219. The van der Waals surface area contributed by atoms with Crippen LogP contribution in [0.5, 0.6) is 0 Å². The monoisotopic (exact) mass is 264 g/mol. The number of aliphatic hydroxyl groups is 2. The number of piperidine rings is 1. The van der Waals surface area contributed by atoms with Gasteiger partial charge in [-0.25, -0.2) is 0 Å². The van der Waals surface area contributed by atoms with E-state index in [1.54, 1.807) is 6.20 Å². The van der Waals surface area contributed by atoms with Gasteiger partial charge in [0.1, 0.15) is 0 Å². The second kappa shape index (κ2) is 6.46. The number of pyridine rings is 1. The van der Waals surface area contributed by atoms with Gasteiger partial charge in [0.25, 0.3) is 0 Å². The molecule has 0 aliphatic carbocycles. The average molecular weight is 264 g/mol. The molecule has 2 heterocycles. The molecule has 0 spiro atoms. The summed E-state index contributed by atoms with van der Waals surface area (Å²) in [6.45, 7) is 3.97. The highest BCUT2D eigenvalue weighted by Gasteiger charge is 2.39. The van der Waals surface area contributed by atoms with Crippen LogP contribution in [0, 0.1) is 11.3 Å². The second-order valence-corrected chi connectivity index (χ2v) is 5.82. The molecule has 106 valence electrons. The van der Waals surface area contributed by atoms with Gasteiger partial charge in [-0.1, -0.05) is 13.0 Å². The average Bonchev–Trinajstić information content (AvgIpc) is 2.49. The first-order valence-corrected chi connectivity index (χ1v) is 7.03. The second-order valence-electron chi connectivity index (χ2n) is 5.82. The molecule has 19 heavy (non-hydrogen) atoms. The van der Waals surface area contributed by atoms with Gasteiger partial charge in [-0.2, -0.15) is 0 Å². The molecule has 1 aliphatic rings. The van der Waals surface area contributed by atoms with Gasteiger partial charge in [-0.3, -0.25) is 4.98 Å². The zero-order chi connectivity index (χ0) is 13.7. The maximum atomic E-state index is 9.75. The minimum atomic E-state index is -0.495. The Morgan fingerprint density at radius 2 is 2.05 bits per heavy atom. The lowest BCUT2D eigenvalue weighted by atomic mass is 9.66. The Hall–Kier alpha value is -0.970. The van der Waals surface area contributed by atoms with E-state index in [1.165, 1.54) is 0 Å². The SMILES string of the molecule is CC(CO)(CO)C(c1cccnc1)C1CCNCC1. The first-order chi connectivity index (χ1) is 9.21. The smallest absolute Gasteiger partial charge is 0.0512 e. The van der Waals surface area contributed by atoms with E-state index < -0.39 is 5.41 Å². The van der Waals surface area contributed by atoms with Crippen molar-refractivity contribution in [3.8, 4) is 0 Å². The minimum absolute atomic E-state index is 0.00695. The third-order valence-corrected chi connectivity index (χ3v) is 4.37. The van der Waals surface area contributed by atoms with E-state index in [1.807, 2.05) is 19.2 Å². The Bertz CT molecular complexity index is 373. The summed E-state index contributed by atoms with van der Waals surface area (Å²) in [7, 11) is 0. The molecule has 1 unspecified atom stereocenters. The van der Waals surface area contributed by atoms with Crippen LogP contribution in [-0.4, -0.2) is 41.5 Å². The third-order valence-electron chi connectivity index (χ3n) is 4.37. The van der Waals surface area contributed by atoms with Gasteiger partial charge in [-0.15, -0.1) is 0 Å². The summed E-state index contributed by atoms with van der Waals surface area (Å²) in [5, 5.41) is 22.9. The van der Waals surface area contributed by atoms with Crippen LogP contribution in [0.4, 0.5) is 0 Å². The molecule has 3 N–H and O–H groups in total. The number of hydrogen-bond acceptors (Lipinski definition) is 4. The first-order valence-electron chi connectivity index (χ1n) is 7.03. The highest BCUT2D eigenvalue weighted by atomic mass is 16.3. The lowest BCUT2D eigenvalue weighted by Crippen LogP contribution is -2.41. The molecule has 0 radical (unpaired) electrons. The van der Waals surface area contributed by atoms with E-state index in [0.717, 1.165) is 31.5 Å². The molecule has 0 amide bonds. The normalized spacial score (nSPS) is 19.3. The molecule has 0 bridgehead atoms. The maximum Gasteiger partial charge on any atom is 0.0512 e. The molecular formula is C15H24N2O2. The topological polar surface area (TPSA) is 65.4 Å². The molecule has 4 heteroatoms. The van der Waals surface area contributed by atoms with Crippen molar-refractivity contribution in [3.05, 3.63) is 30.1 Å². The number of nitrogens with one attached hydrogen (secondary N) is 1. The van der Waals surface area contributed by atoms with E-state index in [-0.39, 0.29) is 19.1 Å². The standard InChI is InChI=1S/C15H24N2O2/c1-15(10-18,11-19)14(12-4-7-16-8-5-12)13-3-2-6-17-9-13/h2-3,6,9,12,14,16,18-19H,4-5,7-8,10-11H2,1H3. The highest BCUT2D eigenvalue weighted by Crippen LogP contribution is 2.43. The van der Waals surface area contributed by atoms with Crippen molar-refractivity contribution in [2.24, 2.45) is 11.3 Å². The van der Waals surface area contributed by atoms with Gasteiger partial charge in [0, 0.05) is 17.8 Å². The Morgan fingerprint density at radius 1 is 1.37 bits per heavy atom. The van der Waals surface area contributed by atoms with Crippen LogP contribution in [0.2, 0.25) is 0 Å². The van der Waals surface area contributed by atoms with Crippen LogP contribution in [0.25, 0.3) is 0 Å². The Morgan fingerprint density at radius 3 is 2.58 bits per heavy atom. The van der Waals surface area contributed by atoms with Gasteiger partial charge in [0.15, 0.2) is 0 Å². The zero-order valence-electron chi connectivity index (χ0n) is 11.5. The van der Waals surface area contributed by atoms with Gasteiger partial charge < -0.3 is 15.5 Å². The van der Waals surface area contributed by atoms with Crippen molar-refractivity contribution in [2.75, 3.05) is 26.3 Å². The summed E-state index contributed by atoms with van der Waals surface area (Å²) < 4.78 is 0. The van der Waals surface area contributed by atoms with E-state index in [2.05, 4.69) is 16.4 Å². The summed E-state index contributed by atoms with van der Waals surface area (Å²) in [6.07, 6.45) is 5.79. The number of nitrogens with zero attached hydrogens (tertiary/aromatic N) is 1. The maximum absolute atomic E-state index is 9.75. The van der Waals surface area contributed by atoms with E-state index in [9.17, 15) is 10.2 Å². The number of aromatic nitrogens is 1. The number of rotatable bonds is 5. The van der Waals surface area contributed by atoms with Crippen molar-refractivity contribution in [2.45, 2.75) is 25.7 Å². The molecule has 4 nitrogen and oxygen atoms in total. The third kappa shape index (κ3) is 3.14. The molecule has 1 aromatic heterocycles. The van der Waals surface area contributed by atoms with Gasteiger partial charge in [-0.05, 0) is 49.4 Å². The summed E-state index contributed by atoms with van der Waals surface area (Å²) in [5.74, 6) is 0.632. The largest absolute Gasteiger partial charge is 0.396 e. The molecule has 1 fully saturated rings. The molecule has 1 aliphatic heterocycles. The number of aliphatic hydroxyl groups excluding tert-OH is 2. The van der Waals surface area contributed by atoms with Crippen LogP contribution in [0.3, 0.4) is 0 Å².